The molecule has 1 aromatic carbocycles. The van der Waals surface area contributed by atoms with Crippen molar-refractivity contribution in [2.24, 2.45) is 0 Å². The summed E-state index contributed by atoms with van der Waals surface area (Å²) in [5.74, 6) is -2.72. The first kappa shape index (κ1) is 21.4. The Bertz CT molecular complexity index is 1040. The molecule has 1 aliphatic rings. The van der Waals surface area contributed by atoms with Crippen LogP contribution in [0.1, 0.15) is 12.2 Å². The molecule has 0 unspecified atom stereocenters. The highest BCUT2D eigenvalue weighted by Gasteiger charge is 2.41. The van der Waals surface area contributed by atoms with E-state index in [2.05, 4.69) is 0 Å². The third-order valence-electron chi connectivity index (χ3n) is 3.84. The predicted molar refractivity (Wildman–Crippen MR) is 113 cm³/mol. The van der Waals surface area contributed by atoms with Gasteiger partial charge in [-0.1, -0.05) is 47.2 Å². The predicted octanol–water partition coefficient (Wildman–Crippen LogP) is 4.38. The zero-order valence-electron chi connectivity index (χ0n) is 14.3. The molecule has 0 spiro atoms. The molecule has 1 aromatic heterocycles. The highest BCUT2D eigenvalue weighted by atomic mass is 35.5. The van der Waals surface area contributed by atoms with Crippen LogP contribution in [0, 0.1) is 0 Å². The number of thiocarbonyl (C=S) groups is 1. The molecule has 0 bridgehead atoms. The van der Waals surface area contributed by atoms with Gasteiger partial charge in [0.2, 0.25) is 0 Å². The fourth-order valence-corrected chi connectivity index (χ4v) is 4.48. The number of nitrogens with zero attached hydrogens (tertiary/aromatic N) is 1. The van der Waals surface area contributed by atoms with Gasteiger partial charge >= 0.3 is 11.9 Å². The van der Waals surface area contributed by atoms with Gasteiger partial charge in [-0.2, -0.15) is 0 Å². The van der Waals surface area contributed by atoms with Crippen LogP contribution >= 0.6 is 47.2 Å². The number of furan rings is 1. The Kier molecular flexibility index (Phi) is 6.33. The summed E-state index contributed by atoms with van der Waals surface area (Å²) in [4.78, 5) is 35.9. The van der Waals surface area contributed by atoms with Crippen molar-refractivity contribution in [3.63, 3.8) is 0 Å². The first-order chi connectivity index (χ1) is 13.7. The zero-order chi connectivity index (χ0) is 21.3. The monoisotopic (exact) mass is 471 g/mol. The molecule has 1 fully saturated rings. The topological polar surface area (TPSA) is 108 Å². The molecule has 0 aliphatic carbocycles. The number of aliphatic carboxylic acids is 2. The van der Waals surface area contributed by atoms with Gasteiger partial charge in [-0.15, -0.1) is 0 Å². The van der Waals surface area contributed by atoms with E-state index in [-0.39, 0.29) is 9.23 Å². The number of carboxylic acids is 2. The molecule has 7 nitrogen and oxygen atoms in total. The van der Waals surface area contributed by atoms with Crippen molar-refractivity contribution in [1.29, 1.82) is 0 Å². The normalized spacial score (nSPS) is 16.5. The third kappa shape index (κ3) is 4.81. The number of carboxylic acid groups (broad SMARTS) is 2. The second kappa shape index (κ2) is 8.58. The van der Waals surface area contributed by atoms with Crippen LogP contribution in [0.15, 0.2) is 39.7 Å². The SMILES string of the molecule is O=C(O)C[C@@H](C(=O)O)N1C(=O)/C(=C\c2ccc(-c3cc(Cl)cc(Cl)c3)o2)SC1=S. The van der Waals surface area contributed by atoms with Gasteiger partial charge in [0.05, 0.1) is 11.3 Å². The largest absolute Gasteiger partial charge is 0.481 e. The van der Waals surface area contributed by atoms with Crippen LogP contribution in [-0.2, 0) is 14.4 Å². The summed E-state index contributed by atoms with van der Waals surface area (Å²) in [7, 11) is 0. The van der Waals surface area contributed by atoms with Crippen LogP contribution in [-0.4, -0.2) is 43.3 Å². The number of thioether (sulfide) groups is 1. The van der Waals surface area contributed by atoms with Gasteiger partial charge in [0, 0.05) is 21.7 Å². The molecule has 29 heavy (non-hydrogen) atoms. The van der Waals surface area contributed by atoms with Crippen LogP contribution in [0.2, 0.25) is 10.0 Å². The molecule has 1 atom stereocenters. The second-order valence-electron chi connectivity index (χ2n) is 5.86. The van der Waals surface area contributed by atoms with E-state index >= 15 is 0 Å². The lowest BCUT2D eigenvalue weighted by atomic mass is 10.2. The molecule has 2 aromatic rings. The summed E-state index contributed by atoms with van der Waals surface area (Å²) in [6, 6.07) is 6.60. The Morgan fingerprint density at radius 2 is 1.86 bits per heavy atom. The Hall–Kier alpha value is -2.33. The highest BCUT2D eigenvalue weighted by Crippen LogP contribution is 2.36. The number of hydrogen-bond acceptors (Lipinski definition) is 6. The van der Waals surface area contributed by atoms with Gasteiger partial charge in [0.1, 0.15) is 21.9 Å². The molecule has 1 saturated heterocycles. The molecule has 1 aliphatic heterocycles. The van der Waals surface area contributed by atoms with Crippen molar-refractivity contribution < 1.29 is 29.0 Å². The van der Waals surface area contributed by atoms with Gasteiger partial charge in [0.25, 0.3) is 5.91 Å². The van der Waals surface area contributed by atoms with E-state index in [1.807, 2.05) is 0 Å². The fraction of sp³-hybridized carbons (Fsp3) is 0.111. The van der Waals surface area contributed by atoms with Crippen molar-refractivity contribution in [2.75, 3.05) is 0 Å². The average molecular weight is 472 g/mol. The van der Waals surface area contributed by atoms with Crippen molar-refractivity contribution in [2.45, 2.75) is 12.5 Å². The number of benzene rings is 1. The van der Waals surface area contributed by atoms with Crippen molar-refractivity contribution in [3.8, 4) is 11.3 Å². The van der Waals surface area contributed by atoms with Gasteiger partial charge in [-0.3, -0.25) is 14.5 Å². The molecular formula is C18H11Cl2NO6S2. The molecule has 0 saturated carbocycles. The second-order valence-corrected chi connectivity index (χ2v) is 8.41. The molecule has 2 heterocycles. The maximum atomic E-state index is 12.6. The van der Waals surface area contributed by atoms with Gasteiger partial charge < -0.3 is 14.6 Å². The molecular weight excluding hydrogens is 461 g/mol. The maximum absolute atomic E-state index is 12.6. The first-order valence-electron chi connectivity index (χ1n) is 7.93. The summed E-state index contributed by atoms with van der Waals surface area (Å²) in [6.45, 7) is 0. The van der Waals surface area contributed by atoms with Crippen molar-refractivity contribution >= 4 is 75.4 Å². The lowest BCUT2D eigenvalue weighted by Gasteiger charge is -2.21. The van der Waals surface area contributed by atoms with E-state index in [9.17, 15) is 19.5 Å². The number of carbonyl (C=O) groups excluding carboxylic acids is 1. The van der Waals surface area contributed by atoms with Crippen molar-refractivity contribution in [3.05, 3.63) is 51.0 Å². The summed E-state index contributed by atoms with van der Waals surface area (Å²) in [5.41, 5.74) is 0.641. The van der Waals surface area contributed by atoms with Crippen LogP contribution < -0.4 is 0 Å². The van der Waals surface area contributed by atoms with Crippen LogP contribution in [0.4, 0.5) is 0 Å². The van der Waals surface area contributed by atoms with E-state index in [0.717, 1.165) is 16.7 Å². The van der Waals surface area contributed by atoms with Gasteiger partial charge in [-0.25, -0.2) is 4.79 Å². The average Bonchev–Trinajstić information content (AvgIpc) is 3.17. The third-order valence-corrected chi connectivity index (χ3v) is 5.60. The van der Waals surface area contributed by atoms with E-state index in [1.165, 1.54) is 6.08 Å². The summed E-state index contributed by atoms with van der Waals surface area (Å²) < 4.78 is 5.66. The Morgan fingerprint density at radius 1 is 1.21 bits per heavy atom. The lowest BCUT2D eigenvalue weighted by Crippen LogP contribution is -2.45. The van der Waals surface area contributed by atoms with E-state index in [1.54, 1.807) is 30.3 Å². The minimum Gasteiger partial charge on any atom is -0.481 e. The van der Waals surface area contributed by atoms with E-state index in [4.69, 9.17) is 44.9 Å². The minimum atomic E-state index is -1.59. The van der Waals surface area contributed by atoms with E-state index in [0.29, 0.717) is 27.1 Å². The number of halogens is 2. The lowest BCUT2D eigenvalue weighted by molar-refractivity contribution is -0.150. The van der Waals surface area contributed by atoms with Gasteiger partial charge in [0.15, 0.2) is 0 Å². The standard InChI is InChI=1S/C18H11Cl2NO6S2/c19-9-3-8(4-10(20)5-9)13-2-1-11(27-13)6-14-16(24)21(18(28)29-14)12(17(25)26)7-15(22)23/h1-6,12H,7H2,(H,22,23)(H,25,26)/b14-6+/t12-/m0/s1. The van der Waals surface area contributed by atoms with E-state index < -0.39 is 30.3 Å². The smallest absolute Gasteiger partial charge is 0.327 e. The molecule has 0 radical (unpaired) electrons. The van der Waals surface area contributed by atoms with Crippen molar-refractivity contribution in [1.82, 2.24) is 4.90 Å². The molecule has 1 amide bonds. The Balaban J connectivity index is 1.87. The highest BCUT2D eigenvalue weighted by molar-refractivity contribution is 8.26. The van der Waals surface area contributed by atoms with Gasteiger partial charge in [-0.05, 0) is 30.3 Å². The molecule has 3 rings (SSSR count). The fourth-order valence-electron chi connectivity index (χ4n) is 2.61. The molecule has 2 N–H and O–H groups in total. The Morgan fingerprint density at radius 3 is 2.45 bits per heavy atom. The summed E-state index contributed by atoms with van der Waals surface area (Å²) >= 11 is 17.9. The molecule has 150 valence electrons. The number of hydrogen-bond donors (Lipinski definition) is 2. The Labute approximate surface area is 183 Å². The maximum Gasteiger partial charge on any atom is 0.327 e. The molecule has 11 heteroatoms. The van der Waals surface area contributed by atoms with Crippen LogP contribution in [0.25, 0.3) is 17.4 Å². The number of rotatable bonds is 6. The first-order valence-corrected chi connectivity index (χ1v) is 9.91. The summed E-state index contributed by atoms with van der Waals surface area (Å²) in [5, 5.41) is 19.1. The van der Waals surface area contributed by atoms with Crippen LogP contribution in [0.3, 0.4) is 0 Å². The quantitative estimate of drug-likeness (QED) is 0.471. The zero-order valence-corrected chi connectivity index (χ0v) is 17.4. The number of amides is 1. The number of carbonyl (C=O) groups is 3. The summed E-state index contributed by atoms with van der Waals surface area (Å²) in [6.07, 6.45) is 0.643. The van der Waals surface area contributed by atoms with Crippen LogP contribution in [0.5, 0.6) is 0 Å². The minimum absolute atomic E-state index is 0.0386.